The van der Waals surface area contributed by atoms with Crippen LogP contribution in [-0.2, 0) is 27.4 Å². The number of anilines is 1. The fourth-order valence-electron chi connectivity index (χ4n) is 3.20. The maximum absolute atomic E-state index is 12.7. The second-order valence-corrected chi connectivity index (χ2v) is 6.09. The van der Waals surface area contributed by atoms with Gasteiger partial charge in [-0.2, -0.15) is 0 Å². The van der Waals surface area contributed by atoms with E-state index in [2.05, 4.69) is 10.3 Å². The first-order valence-corrected chi connectivity index (χ1v) is 8.65. The topological polar surface area (TPSA) is 133 Å². The summed E-state index contributed by atoms with van der Waals surface area (Å²) in [5.41, 5.74) is 6.51. The van der Waals surface area contributed by atoms with Crippen molar-refractivity contribution in [1.82, 2.24) is 14.7 Å². The highest BCUT2D eigenvalue weighted by atomic mass is 16.5. The fraction of sp³-hybridized carbons (Fsp3) is 0.471. The number of nitrogen functional groups attached to an aromatic ring is 1. The lowest BCUT2D eigenvalue weighted by atomic mass is 10.0. The molecule has 10 heteroatoms. The second kappa shape index (κ2) is 7.70. The Balaban J connectivity index is 2.16. The van der Waals surface area contributed by atoms with E-state index >= 15 is 0 Å². The van der Waals surface area contributed by atoms with Gasteiger partial charge in [-0.3, -0.25) is 14.3 Å². The van der Waals surface area contributed by atoms with E-state index in [1.165, 1.54) is 20.3 Å². The van der Waals surface area contributed by atoms with E-state index in [-0.39, 0.29) is 53.1 Å². The molecule has 1 aliphatic carbocycles. The van der Waals surface area contributed by atoms with Crippen molar-refractivity contribution in [3.05, 3.63) is 33.6 Å². The number of fused-ring (bicyclic) bond motifs is 1. The molecule has 1 aromatic rings. The molecular formula is C17H23N5O5. The molecule has 0 saturated carbocycles. The van der Waals surface area contributed by atoms with Crippen LogP contribution in [-0.4, -0.2) is 53.3 Å². The van der Waals surface area contributed by atoms with Gasteiger partial charge in [0.15, 0.2) is 23.0 Å². The lowest BCUT2D eigenvalue weighted by molar-refractivity contribution is -0.118. The van der Waals surface area contributed by atoms with E-state index in [4.69, 9.17) is 20.3 Å². The number of aliphatic hydroxyl groups is 1. The maximum Gasteiger partial charge on any atom is 0.294 e. The van der Waals surface area contributed by atoms with E-state index in [1.807, 2.05) is 0 Å². The zero-order valence-corrected chi connectivity index (χ0v) is 15.3. The first kappa shape index (κ1) is 18.8. The Bertz CT molecular complexity index is 906. The average molecular weight is 377 g/mol. The molecule has 4 N–H and O–H groups in total. The van der Waals surface area contributed by atoms with Crippen LogP contribution in [0.1, 0.15) is 12.8 Å². The Morgan fingerprint density at radius 2 is 1.93 bits per heavy atom. The summed E-state index contributed by atoms with van der Waals surface area (Å²) in [6.07, 6.45) is 3.26. The molecule has 0 bridgehead atoms. The number of aliphatic hydroxyl groups excluding tert-OH is 1. The van der Waals surface area contributed by atoms with E-state index in [0.29, 0.717) is 13.1 Å². The number of nitrogens with one attached hydrogen (secondary N) is 1. The predicted molar refractivity (Wildman–Crippen MR) is 98.7 cm³/mol. The Hall–Kier alpha value is -3.01. The summed E-state index contributed by atoms with van der Waals surface area (Å²) in [6.45, 7) is 1.25. The number of ketones is 1. The Morgan fingerprint density at radius 1 is 1.22 bits per heavy atom. The quantitative estimate of drug-likeness (QED) is 0.577. The number of nitrogens with two attached hydrogens (primary N) is 1. The molecule has 10 nitrogen and oxygen atoms in total. The van der Waals surface area contributed by atoms with Gasteiger partial charge in [0.1, 0.15) is 5.70 Å². The van der Waals surface area contributed by atoms with Crippen LogP contribution in [0, 0.1) is 0 Å². The van der Waals surface area contributed by atoms with Gasteiger partial charge < -0.3 is 25.6 Å². The summed E-state index contributed by atoms with van der Waals surface area (Å²) in [4.78, 5) is 29.6. The van der Waals surface area contributed by atoms with Gasteiger partial charge in [-0.25, -0.2) is 9.67 Å². The van der Waals surface area contributed by atoms with Crippen molar-refractivity contribution in [2.75, 3.05) is 33.1 Å². The molecular weight excluding hydrogens is 354 g/mol. The number of carbonyl (C=O) groups is 1. The molecule has 1 aliphatic heterocycles. The smallest absolute Gasteiger partial charge is 0.294 e. The number of ether oxygens (including phenoxy) is 2. The number of carbonyl (C=O) groups excluding carboxylic acids is 1. The summed E-state index contributed by atoms with van der Waals surface area (Å²) < 4.78 is 13.6. The van der Waals surface area contributed by atoms with Gasteiger partial charge in [0.05, 0.1) is 26.5 Å². The molecule has 27 heavy (non-hydrogen) atoms. The van der Waals surface area contributed by atoms with Crippen LogP contribution in [0.5, 0.6) is 0 Å². The van der Waals surface area contributed by atoms with Crippen LogP contribution in [0.3, 0.4) is 0 Å². The van der Waals surface area contributed by atoms with Crippen molar-refractivity contribution in [3.8, 4) is 0 Å². The molecule has 2 heterocycles. The molecule has 0 unspecified atom stereocenters. The van der Waals surface area contributed by atoms with Gasteiger partial charge in [-0.05, 0) is 12.8 Å². The predicted octanol–water partition coefficient (Wildman–Crippen LogP) is -0.349. The van der Waals surface area contributed by atoms with Crippen molar-refractivity contribution in [3.63, 3.8) is 0 Å². The highest BCUT2D eigenvalue weighted by Gasteiger charge is 2.30. The lowest BCUT2D eigenvalue weighted by Crippen LogP contribution is -2.31. The number of hydrogen-bond acceptors (Lipinski definition) is 8. The van der Waals surface area contributed by atoms with E-state index in [9.17, 15) is 9.59 Å². The molecule has 0 saturated heterocycles. The van der Waals surface area contributed by atoms with E-state index < -0.39 is 5.78 Å². The molecule has 0 amide bonds. The monoisotopic (exact) mass is 377 g/mol. The van der Waals surface area contributed by atoms with Gasteiger partial charge >= 0.3 is 0 Å². The zero-order valence-electron chi connectivity index (χ0n) is 15.3. The molecule has 146 valence electrons. The third-order valence-electron chi connectivity index (χ3n) is 4.49. The molecule has 0 radical (unpaired) electrons. The summed E-state index contributed by atoms with van der Waals surface area (Å²) in [5, 5.41) is 12.0. The van der Waals surface area contributed by atoms with Gasteiger partial charge in [0, 0.05) is 25.7 Å². The number of nitrogens with zero attached hydrogens (tertiary/aromatic N) is 3. The normalized spacial score (nSPS) is 18.4. The number of methoxy groups -OCH3 is 2. The minimum atomic E-state index is -0.458. The third kappa shape index (κ3) is 3.23. The number of aromatic nitrogens is 2. The number of allylic oxidation sites excluding steroid dienone is 1. The van der Waals surface area contributed by atoms with Crippen molar-refractivity contribution in [2.45, 2.75) is 25.9 Å². The number of rotatable bonds is 6. The van der Waals surface area contributed by atoms with Crippen molar-refractivity contribution >= 4 is 23.0 Å². The summed E-state index contributed by atoms with van der Waals surface area (Å²) in [7, 11) is 2.71. The summed E-state index contributed by atoms with van der Waals surface area (Å²) in [5.74, 6) is -0.163. The van der Waals surface area contributed by atoms with Crippen LogP contribution < -0.4 is 16.6 Å². The van der Waals surface area contributed by atoms with E-state index in [0.717, 1.165) is 12.8 Å². The van der Waals surface area contributed by atoms with Crippen LogP contribution in [0.25, 0.3) is 0 Å². The Morgan fingerprint density at radius 3 is 2.52 bits per heavy atom. The molecule has 0 atom stereocenters. The first-order chi connectivity index (χ1) is 13.0. The fourth-order valence-corrected chi connectivity index (χ4v) is 3.20. The molecule has 0 aromatic carbocycles. The summed E-state index contributed by atoms with van der Waals surface area (Å²) in [6, 6.07) is 0. The van der Waals surface area contributed by atoms with Gasteiger partial charge in [-0.1, -0.05) is 0 Å². The minimum absolute atomic E-state index is 0.0100. The molecule has 0 fully saturated rings. The number of Topliss-reactive ketones (excluding diaryl/α,β-unsaturated/α-hetero) is 1. The van der Waals surface area contributed by atoms with Gasteiger partial charge in [-0.15, -0.1) is 0 Å². The van der Waals surface area contributed by atoms with Crippen LogP contribution >= 0.6 is 0 Å². The highest BCUT2D eigenvalue weighted by molar-refractivity contribution is 6.23. The Labute approximate surface area is 155 Å². The Kier molecular flexibility index (Phi) is 5.36. The molecule has 0 spiro atoms. The third-order valence-corrected chi connectivity index (χ3v) is 4.49. The van der Waals surface area contributed by atoms with Crippen LogP contribution in [0.4, 0.5) is 11.5 Å². The maximum atomic E-state index is 12.7. The number of aliphatic imine (C=N–C) groups is 1. The zero-order chi connectivity index (χ0) is 19.6. The minimum Gasteiger partial charge on any atom is -0.492 e. The SMILES string of the molecule is COC1=C/C(=N\c2c(N)n3n(c2=O)CCCC3)C(NCCO)=C(OC)C1=O. The lowest BCUT2D eigenvalue weighted by Gasteiger charge is -2.20. The van der Waals surface area contributed by atoms with Crippen molar-refractivity contribution < 1.29 is 19.4 Å². The van der Waals surface area contributed by atoms with E-state index in [1.54, 1.807) is 9.36 Å². The first-order valence-electron chi connectivity index (χ1n) is 8.65. The van der Waals surface area contributed by atoms with Crippen LogP contribution in [0.2, 0.25) is 0 Å². The highest BCUT2D eigenvalue weighted by Crippen LogP contribution is 2.26. The van der Waals surface area contributed by atoms with Gasteiger partial charge in [0.25, 0.3) is 11.3 Å². The molecule has 1 aromatic heterocycles. The second-order valence-electron chi connectivity index (χ2n) is 6.09. The molecule has 3 rings (SSSR count). The van der Waals surface area contributed by atoms with Crippen LogP contribution in [0.15, 0.2) is 33.1 Å². The number of hydrogen-bond donors (Lipinski definition) is 3. The standard InChI is InChI=1S/C17H23N5O5/c1-26-11-9-10(12(19-5-8-23)15(27-2)14(11)24)20-13-16(18)21-6-3-4-7-22(21)17(13)25/h9,19,23H,3-8,18H2,1-2H3/b20-10+. The average Bonchev–Trinajstić information content (AvgIpc) is 2.92. The van der Waals surface area contributed by atoms with Gasteiger partial charge in [0.2, 0.25) is 0 Å². The largest absolute Gasteiger partial charge is 0.492 e. The molecule has 2 aliphatic rings. The van der Waals surface area contributed by atoms with Crippen molar-refractivity contribution in [1.29, 1.82) is 0 Å². The van der Waals surface area contributed by atoms with Crippen molar-refractivity contribution in [2.24, 2.45) is 4.99 Å². The summed E-state index contributed by atoms with van der Waals surface area (Å²) >= 11 is 0.